The number of esters is 1. The van der Waals surface area contributed by atoms with E-state index in [0.29, 0.717) is 35.3 Å². The Balaban J connectivity index is 1.90. The molecular formula is C21H31NO4S. The van der Waals surface area contributed by atoms with E-state index < -0.39 is 5.54 Å². The molecule has 0 bridgehead atoms. The molecule has 1 aromatic rings. The lowest BCUT2D eigenvalue weighted by molar-refractivity contribution is -0.147. The first kappa shape index (κ1) is 21.6. The Morgan fingerprint density at radius 3 is 2.67 bits per heavy atom. The van der Waals surface area contributed by atoms with Crippen LogP contribution in [-0.4, -0.2) is 40.6 Å². The zero-order valence-electron chi connectivity index (χ0n) is 16.6. The summed E-state index contributed by atoms with van der Waals surface area (Å²) in [4.78, 5) is 16.6. The lowest BCUT2D eigenvalue weighted by atomic mass is 10.1. The molecule has 0 saturated heterocycles. The molecule has 0 saturated carbocycles. The molecule has 1 aliphatic rings. The fourth-order valence-electron chi connectivity index (χ4n) is 2.88. The van der Waals surface area contributed by atoms with Crippen LogP contribution in [0.2, 0.25) is 0 Å². The molecule has 2 rings (SSSR count). The number of aromatic hydroxyl groups is 1. The summed E-state index contributed by atoms with van der Waals surface area (Å²) in [6.07, 6.45) is 7.28. The number of thioether (sulfide) groups is 1. The van der Waals surface area contributed by atoms with Gasteiger partial charge in [0.2, 0.25) is 0 Å². The second kappa shape index (κ2) is 10.6. The minimum atomic E-state index is -0.893. The van der Waals surface area contributed by atoms with Crippen LogP contribution in [0.15, 0.2) is 23.2 Å². The van der Waals surface area contributed by atoms with E-state index in [4.69, 9.17) is 9.47 Å². The van der Waals surface area contributed by atoms with Gasteiger partial charge < -0.3 is 14.6 Å². The van der Waals surface area contributed by atoms with Gasteiger partial charge in [0.15, 0.2) is 5.54 Å². The number of phenolic OH excluding ortho intramolecular Hbond substituents is 1. The van der Waals surface area contributed by atoms with Crippen molar-refractivity contribution in [2.75, 3.05) is 19.0 Å². The van der Waals surface area contributed by atoms with E-state index in [2.05, 4.69) is 11.9 Å². The molecule has 0 aromatic heterocycles. The number of hydrogen-bond donors (Lipinski definition) is 1. The molecule has 1 atom stereocenters. The quantitative estimate of drug-likeness (QED) is 0.426. The van der Waals surface area contributed by atoms with E-state index in [1.807, 2.05) is 6.07 Å². The fourth-order valence-corrected chi connectivity index (χ4v) is 4.08. The van der Waals surface area contributed by atoms with Crippen molar-refractivity contribution in [2.45, 2.75) is 64.8 Å². The zero-order valence-corrected chi connectivity index (χ0v) is 17.4. The summed E-state index contributed by atoms with van der Waals surface area (Å²) in [5.41, 5.74) is -0.269. The number of ether oxygens (including phenoxy) is 2. The third-order valence-corrected chi connectivity index (χ3v) is 5.81. The van der Waals surface area contributed by atoms with Gasteiger partial charge in [-0.15, -0.1) is 11.8 Å². The fraction of sp³-hybridized carbons (Fsp3) is 0.619. The van der Waals surface area contributed by atoms with Crippen molar-refractivity contribution >= 4 is 22.8 Å². The summed E-state index contributed by atoms with van der Waals surface area (Å²) in [5.74, 6) is 0.957. The van der Waals surface area contributed by atoms with Gasteiger partial charge in [-0.05, 0) is 32.4 Å². The van der Waals surface area contributed by atoms with Crippen LogP contribution < -0.4 is 4.74 Å². The maximum Gasteiger partial charge on any atom is 0.334 e. The van der Waals surface area contributed by atoms with Crippen LogP contribution in [-0.2, 0) is 9.53 Å². The molecule has 150 valence electrons. The Morgan fingerprint density at radius 1 is 1.22 bits per heavy atom. The zero-order chi connectivity index (χ0) is 19.7. The first-order chi connectivity index (χ1) is 13.0. The van der Waals surface area contributed by atoms with Gasteiger partial charge >= 0.3 is 5.97 Å². The first-order valence-corrected chi connectivity index (χ1v) is 10.8. The van der Waals surface area contributed by atoms with E-state index in [9.17, 15) is 9.90 Å². The lowest BCUT2D eigenvalue weighted by Gasteiger charge is -2.16. The van der Waals surface area contributed by atoms with Crippen LogP contribution in [0.1, 0.15) is 64.9 Å². The summed E-state index contributed by atoms with van der Waals surface area (Å²) in [6.45, 7) is 6.75. The molecule has 5 nitrogen and oxygen atoms in total. The number of carbonyl (C=O) groups excluding carboxylic acids is 1. The predicted molar refractivity (Wildman–Crippen MR) is 111 cm³/mol. The normalized spacial score (nSPS) is 19.0. The number of hydrogen-bond acceptors (Lipinski definition) is 6. The summed E-state index contributed by atoms with van der Waals surface area (Å²) in [5, 5.41) is 11.0. The van der Waals surface area contributed by atoms with Gasteiger partial charge in [0.05, 0.1) is 13.2 Å². The summed E-state index contributed by atoms with van der Waals surface area (Å²) >= 11 is 1.46. The molecule has 27 heavy (non-hydrogen) atoms. The highest BCUT2D eigenvalue weighted by atomic mass is 32.2. The van der Waals surface area contributed by atoms with Gasteiger partial charge in [-0.2, -0.15) is 0 Å². The largest absolute Gasteiger partial charge is 0.507 e. The Labute approximate surface area is 166 Å². The van der Waals surface area contributed by atoms with Crippen molar-refractivity contribution in [3.05, 3.63) is 23.8 Å². The third-order valence-electron chi connectivity index (χ3n) is 4.52. The van der Waals surface area contributed by atoms with Crippen molar-refractivity contribution in [3.63, 3.8) is 0 Å². The van der Waals surface area contributed by atoms with Crippen LogP contribution >= 0.6 is 11.8 Å². The summed E-state index contributed by atoms with van der Waals surface area (Å²) in [6, 6.07) is 5.26. The van der Waals surface area contributed by atoms with Crippen LogP contribution in [0.4, 0.5) is 0 Å². The van der Waals surface area contributed by atoms with Gasteiger partial charge in [0.25, 0.3) is 0 Å². The van der Waals surface area contributed by atoms with Gasteiger partial charge in [-0.1, -0.05) is 39.0 Å². The van der Waals surface area contributed by atoms with Gasteiger partial charge in [0, 0.05) is 17.4 Å². The average Bonchev–Trinajstić information content (AvgIpc) is 3.04. The molecule has 0 spiro atoms. The van der Waals surface area contributed by atoms with E-state index in [-0.39, 0.29) is 11.7 Å². The number of aliphatic imine (C=N–C) groups is 1. The Kier molecular flexibility index (Phi) is 8.48. The van der Waals surface area contributed by atoms with E-state index in [1.165, 1.54) is 43.9 Å². The molecule has 0 unspecified atom stereocenters. The number of benzene rings is 1. The average molecular weight is 394 g/mol. The molecule has 6 heteroatoms. The monoisotopic (exact) mass is 393 g/mol. The Bertz CT molecular complexity index is 662. The van der Waals surface area contributed by atoms with Crippen LogP contribution in [0.3, 0.4) is 0 Å². The molecular weight excluding hydrogens is 362 g/mol. The minimum Gasteiger partial charge on any atom is -0.507 e. The molecule has 0 fully saturated rings. The molecule has 0 amide bonds. The third kappa shape index (κ3) is 6.16. The van der Waals surface area contributed by atoms with E-state index in [0.717, 1.165) is 6.42 Å². The van der Waals surface area contributed by atoms with Crippen molar-refractivity contribution in [1.29, 1.82) is 0 Å². The molecule has 1 heterocycles. The molecule has 1 aliphatic heterocycles. The Morgan fingerprint density at radius 2 is 1.96 bits per heavy atom. The van der Waals surface area contributed by atoms with E-state index >= 15 is 0 Å². The molecule has 0 aliphatic carbocycles. The van der Waals surface area contributed by atoms with Crippen molar-refractivity contribution in [2.24, 2.45) is 4.99 Å². The maximum atomic E-state index is 12.1. The van der Waals surface area contributed by atoms with Gasteiger partial charge in [-0.3, -0.25) is 4.99 Å². The topological polar surface area (TPSA) is 68.1 Å². The standard InChI is InChI=1S/C21H31NO4S/c1-4-6-7-8-9-10-13-26-16-11-12-17(18(23)14-16)19-22-21(3,15-27-19)20(24)25-5-2/h11-12,14,23H,4-10,13,15H2,1-3H3/t21-/m1/s1. The number of rotatable bonds is 11. The molecule has 0 radical (unpaired) electrons. The van der Waals surface area contributed by atoms with Crippen LogP contribution in [0.25, 0.3) is 0 Å². The number of carbonyl (C=O) groups is 1. The molecule has 1 N–H and O–H groups in total. The highest BCUT2D eigenvalue weighted by Gasteiger charge is 2.40. The minimum absolute atomic E-state index is 0.120. The predicted octanol–water partition coefficient (Wildman–Crippen LogP) is 4.95. The van der Waals surface area contributed by atoms with Crippen LogP contribution in [0.5, 0.6) is 11.5 Å². The number of phenols is 1. The smallest absolute Gasteiger partial charge is 0.334 e. The van der Waals surface area contributed by atoms with Gasteiger partial charge in [-0.25, -0.2) is 4.79 Å². The number of nitrogens with zero attached hydrogens (tertiary/aromatic N) is 1. The van der Waals surface area contributed by atoms with Gasteiger partial charge in [0.1, 0.15) is 16.5 Å². The van der Waals surface area contributed by atoms with Crippen molar-refractivity contribution < 1.29 is 19.4 Å². The SMILES string of the molecule is CCCCCCCCOc1ccc(C2=N[C@@](C)(C(=O)OCC)CS2)c(O)c1. The first-order valence-electron chi connectivity index (χ1n) is 9.86. The second-order valence-electron chi connectivity index (χ2n) is 7.00. The Hall–Kier alpha value is -1.69. The van der Waals surface area contributed by atoms with E-state index in [1.54, 1.807) is 26.0 Å². The van der Waals surface area contributed by atoms with Crippen molar-refractivity contribution in [3.8, 4) is 11.5 Å². The maximum absolute atomic E-state index is 12.1. The van der Waals surface area contributed by atoms with Crippen LogP contribution in [0, 0.1) is 0 Å². The molecule has 1 aromatic carbocycles. The summed E-state index contributed by atoms with van der Waals surface area (Å²) in [7, 11) is 0. The second-order valence-corrected chi connectivity index (χ2v) is 7.96. The highest BCUT2D eigenvalue weighted by Crippen LogP contribution is 2.36. The highest BCUT2D eigenvalue weighted by molar-refractivity contribution is 8.14. The van der Waals surface area contributed by atoms with Crippen molar-refractivity contribution in [1.82, 2.24) is 0 Å². The summed E-state index contributed by atoms with van der Waals surface area (Å²) < 4.78 is 10.8. The number of unbranched alkanes of at least 4 members (excludes halogenated alkanes) is 5. The lowest BCUT2D eigenvalue weighted by Crippen LogP contribution is -2.35.